The summed E-state index contributed by atoms with van der Waals surface area (Å²) in [6, 6.07) is 25.6. The highest BCUT2D eigenvalue weighted by Crippen LogP contribution is 2.26. The second-order valence-electron chi connectivity index (χ2n) is 9.22. The first-order chi connectivity index (χ1) is 19.5. The lowest BCUT2D eigenvalue weighted by Crippen LogP contribution is -2.32. The Bertz CT molecular complexity index is 1620. The van der Waals surface area contributed by atoms with E-state index in [-0.39, 0.29) is 38.7 Å². The molecular weight excluding hydrogens is 618 g/mol. The van der Waals surface area contributed by atoms with Crippen LogP contribution in [0.4, 0.5) is 11.4 Å². The minimum atomic E-state index is -3.59. The molecular formula is C29H32ClN3O6S3. The van der Waals surface area contributed by atoms with Gasteiger partial charge in [0, 0.05) is 42.4 Å². The lowest BCUT2D eigenvalue weighted by molar-refractivity contribution is 0.309. The standard InChI is InChI=1S/C29H31N3O6S3.ClH/c1-40(33,34)37-18-16-32(17-19-38-41(2,35)36)27-14-8-24(9-15-27)21-30-26-12-10-25(11-13-26)28-22-39-29(31-28)20-23-6-4-3-5-7-23;/h3-15,21-22H,16-20H2,1-2H3;1H. The van der Waals surface area contributed by atoms with Crippen LogP contribution in [0.5, 0.6) is 0 Å². The van der Waals surface area contributed by atoms with Crippen molar-refractivity contribution in [2.45, 2.75) is 6.42 Å². The van der Waals surface area contributed by atoms with Gasteiger partial charge in [0.2, 0.25) is 0 Å². The van der Waals surface area contributed by atoms with Crippen LogP contribution in [0.15, 0.2) is 89.2 Å². The molecule has 4 aromatic rings. The van der Waals surface area contributed by atoms with Crippen molar-refractivity contribution in [2.24, 2.45) is 4.99 Å². The molecule has 0 aliphatic rings. The van der Waals surface area contributed by atoms with Crippen LogP contribution in [0.1, 0.15) is 16.1 Å². The summed E-state index contributed by atoms with van der Waals surface area (Å²) in [5, 5.41) is 3.14. The Kier molecular flexibility index (Phi) is 12.2. The third kappa shape index (κ3) is 11.3. The van der Waals surface area contributed by atoms with Gasteiger partial charge in [-0.3, -0.25) is 13.4 Å². The van der Waals surface area contributed by atoms with Crippen LogP contribution in [0, 0.1) is 0 Å². The molecule has 0 unspecified atom stereocenters. The predicted octanol–water partition coefficient (Wildman–Crippen LogP) is 5.33. The van der Waals surface area contributed by atoms with E-state index in [2.05, 4.69) is 22.5 Å². The number of aromatic nitrogens is 1. The lowest BCUT2D eigenvalue weighted by Gasteiger charge is -2.24. The Labute approximate surface area is 257 Å². The molecule has 0 amide bonds. The summed E-state index contributed by atoms with van der Waals surface area (Å²) in [6.45, 7) is 0.303. The molecule has 0 spiro atoms. The van der Waals surface area contributed by atoms with Gasteiger partial charge in [0.05, 0.1) is 42.1 Å². The van der Waals surface area contributed by atoms with Crippen molar-refractivity contribution >= 4 is 61.6 Å². The van der Waals surface area contributed by atoms with E-state index in [9.17, 15) is 16.8 Å². The number of hydrogen-bond donors (Lipinski definition) is 0. The number of rotatable bonds is 14. The van der Waals surface area contributed by atoms with Gasteiger partial charge in [-0.2, -0.15) is 16.8 Å². The zero-order valence-electron chi connectivity index (χ0n) is 23.1. The number of benzene rings is 3. The molecule has 13 heteroatoms. The Morgan fingerprint density at radius 1 is 0.833 bits per heavy atom. The Morgan fingerprint density at radius 2 is 1.43 bits per heavy atom. The molecule has 9 nitrogen and oxygen atoms in total. The molecule has 0 atom stereocenters. The van der Waals surface area contributed by atoms with Gasteiger partial charge in [-0.05, 0) is 35.4 Å². The molecule has 3 aromatic carbocycles. The average molecular weight is 650 g/mol. The Morgan fingerprint density at radius 3 is 2.00 bits per heavy atom. The van der Waals surface area contributed by atoms with Gasteiger partial charge in [-0.25, -0.2) is 4.98 Å². The van der Waals surface area contributed by atoms with Crippen LogP contribution in [0.3, 0.4) is 0 Å². The van der Waals surface area contributed by atoms with Gasteiger partial charge in [-0.1, -0.05) is 54.6 Å². The van der Waals surface area contributed by atoms with Gasteiger partial charge in [-0.15, -0.1) is 23.7 Å². The molecule has 42 heavy (non-hydrogen) atoms. The van der Waals surface area contributed by atoms with Crippen molar-refractivity contribution in [1.29, 1.82) is 0 Å². The number of aliphatic imine (C=N–C) groups is 1. The van der Waals surface area contributed by atoms with Crippen LogP contribution in [-0.2, 0) is 35.0 Å². The third-order valence-electron chi connectivity index (χ3n) is 5.85. The molecule has 0 radical (unpaired) electrons. The first-order valence-electron chi connectivity index (χ1n) is 12.7. The number of nitrogens with zero attached hydrogens (tertiary/aromatic N) is 3. The number of halogens is 1. The normalized spacial score (nSPS) is 11.9. The van der Waals surface area contributed by atoms with E-state index in [0.717, 1.165) is 52.1 Å². The highest BCUT2D eigenvalue weighted by atomic mass is 35.5. The Balaban J connectivity index is 0.00000484. The van der Waals surface area contributed by atoms with Gasteiger partial charge < -0.3 is 4.90 Å². The second kappa shape index (κ2) is 15.4. The van der Waals surface area contributed by atoms with E-state index < -0.39 is 20.2 Å². The molecule has 0 saturated heterocycles. The van der Waals surface area contributed by atoms with E-state index in [0.29, 0.717) is 0 Å². The summed E-state index contributed by atoms with van der Waals surface area (Å²) in [5.74, 6) is 0. The summed E-state index contributed by atoms with van der Waals surface area (Å²) in [7, 11) is -7.18. The monoisotopic (exact) mass is 649 g/mol. The average Bonchev–Trinajstić information content (AvgIpc) is 3.39. The summed E-state index contributed by atoms with van der Waals surface area (Å²) < 4.78 is 55.0. The molecule has 1 heterocycles. The summed E-state index contributed by atoms with van der Waals surface area (Å²) in [5.41, 5.74) is 5.64. The fourth-order valence-corrected chi connectivity index (χ4v) is 5.49. The lowest BCUT2D eigenvalue weighted by atomic mass is 10.1. The maximum Gasteiger partial charge on any atom is 0.264 e. The molecule has 0 bridgehead atoms. The number of thiazole rings is 1. The van der Waals surface area contributed by atoms with Crippen molar-refractivity contribution in [3.8, 4) is 11.3 Å². The van der Waals surface area contributed by atoms with Crippen LogP contribution in [0.25, 0.3) is 11.3 Å². The zero-order valence-corrected chi connectivity index (χ0v) is 26.4. The molecule has 0 N–H and O–H groups in total. The third-order valence-corrected chi connectivity index (χ3v) is 7.89. The van der Waals surface area contributed by atoms with Gasteiger partial charge in [0.25, 0.3) is 20.2 Å². The van der Waals surface area contributed by atoms with Crippen LogP contribution in [-0.4, -0.2) is 66.8 Å². The fourth-order valence-electron chi connectivity index (χ4n) is 3.90. The van der Waals surface area contributed by atoms with Gasteiger partial charge in [0.1, 0.15) is 0 Å². The Hall–Kier alpha value is -3.13. The summed E-state index contributed by atoms with van der Waals surface area (Å²) in [6.07, 6.45) is 4.53. The maximum atomic E-state index is 11.3. The summed E-state index contributed by atoms with van der Waals surface area (Å²) in [4.78, 5) is 11.1. The smallest absolute Gasteiger partial charge is 0.264 e. The van der Waals surface area contributed by atoms with E-state index in [4.69, 9.17) is 13.4 Å². The van der Waals surface area contributed by atoms with Crippen LogP contribution >= 0.6 is 23.7 Å². The van der Waals surface area contributed by atoms with Gasteiger partial charge in [0.15, 0.2) is 0 Å². The molecule has 0 saturated carbocycles. The van der Waals surface area contributed by atoms with Crippen LogP contribution in [0.2, 0.25) is 0 Å². The fraction of sp³-hybridized carbons (Fsp3) is 0.241. The van der Waals surface area contributed by atoms with Crippen molar-refractivity contribution in [3.63, 3.8) is 0 Å². The molecule has 224 valence electrons. The topological polar surface area (TPSA) is 115 Å². The van der Waals surface area contributed by atoms with E-state index in [1.54, 1.807) is 22.5 Å². The molecule has 1 aromatic heterocycles. The molecule has 0 aliphatic carbocycles. The molecule has 0 aliphatic heterocycles. The van der Waals surface area contributed by atoms with Crippen molar-refractivity contribution in [3.05, 3.63) is 100 Å². The predicted molar refractivity (Wildman–Crippen MR) is 172 cm³/mol. The first kappa shape index (κ1) is 33.4. The van der Waals surface area contributed by atoms with E-state index >= 15 is 0 Å². The quantitative estimate of drug-likeness (QED) is 0.133. The van der Waals surface area contributed by atoms with Crippen molar-refractivity contribution in [2.75, 3.05) is 43.7 Å². The van der Waals surface area contributed by atoms with Crippen molar-refractivity contribution in [1.82, 2.24) is 4.98 Å². The maximum absolute atomic E-state index is 11.3. The minimum Gasteiger partial charge on any atom is -0.367 e. The van der Waals surface area contributed by atoms with E-state index in [1.165, 1.54) is 5.56 Å². The SMILES string of the molecule is CS(=O)(=O)OCCN(CCOS(C)(=O)=O)c1ccc(C=Nc2ccc(-c3csc(Cc4ccccc4)n3)cc2)cc1.Cl. The minimum absolute atomic E-state index is 0. The largest absolute Gasteiger partial charge is 0.367 e. The van der Waals surface area contributed by atoms with Gasteiger partial charge >= 0.3 is 0 Å². The molecule has 0 fully saturated rings. The molecule has 4 rings (SSSR count). The van der Waals surface area contributed by atoms with E-state index in [1.807, 2.05) is 66.7 Å². The van der Waals surface area contributed by atoms with Crippen LogP contribution < -0.4 is 4.90 Å². The number of hydrogen-bond acceptors (Lipinski definition) is 10. The van der Waals surface area contributed by atoms with Crippen molar-refractivity contribution < 1.29 is 25.2 Å². The first-order valence-corrected chi connectivity index (χ1v) is 17.2. The highest BCUT2D eigenvalue weighted by molar-refractivity contribution is 7.86. The summed E-state index contributed by atoms with van der Waals surface area (Å²) >= 11 is 1.65. The highest BCUT2D eigenvalue weighted by Gasteiger charge is 2.11. The second-order valence-corrected chi connectivity index (χ2v) is 13.5. The number of anilines is 1. The zero-order chi connectivity index (χ0) is 29.3.